The standard InChI is InChI=1S/C27H32Cl2O/c28-18-1-19-30-27-16-12-25(13-17-27)23-8-4-21(5-9-23)20-2-6-22(7-3-20)24-10-14-26(29)15-11-24/h1-3,6-7,10-11,14-15,18,21,23,25,27H,4-5,8-9,12-13,16-17,19H2/b18-1+. The highest BCUT2D eigenvalue weighted by Crippen LogP contribution is 2.43. The molecule has 0 radical (unpaired) electrons. The summed E-state index contributed by atoms with van der Waals surface area (Å²) in [7, 11) is 0. The molecule has 4 rings (SSSR count). The minimum Gasteiger partial charge on any atom is -0.374 e. The van der Waals surface area contributed by atoms with Crippen LogP contribution in [-0.2, 0) is 4.74 Å². The summed E-state index contributed by atoms with van der Waals surface area (Å²) in [6, 6.07) is 17.3. The molecule has 2 aromatic carbocycles. The number of hydrogen-bond donors (Lipinski definition) is 0. The number of ether oxygens (including phenoxy) is 1. The zero-order valence-corrected chi connectivity index (χ0v) is 19.1. The van der Waals surface area contributed by atoms with Gasteiger partial charge in [-0.1, -0.05) is 59.6 Å². The molecule has 1 nitrogen and oxygen atoms in total. The summed E-state index contributed by atoms with van der Waals surface area (Å²) in [6.07, 6.45) is 12.9. The van der Waals surface area contributed by atoms with Crippen LogP contribution in [0.2, 0.25) is 5.02 Å². The van der Waals surface area contributed by atoms with Gasteiger partial charge in [-0.25, -0.2) is 0 Å². The van der Waals surface area contributed by atoms with Crippen molar-refractivity contribution in [3.05, 3.63) is 70.7 Å². The van der Waals surface area contributed by atoms with Crippen LogP contribution >= 0.6 is 23.2 Å². The first-order chi connectivity index (χ1) is 14.7. The van der Waals surface area contributed by atoms with Gasteiger partial charge in [0, 0.05) is 10.6 Å². The molecule has 2 fully saturated rings. The van der Waals surface area contributed by atoms with Crippen LogP contribution in [0.5, 0.6) is 0 Å². The molecule has 0 unspecified atom stereocenters. The molecule has 0 saturated heterocycles. The molecule has 2 saturated carbocycles. The van der Waals surface area contributed by atoms with Crippen LogP contribution < -0.4 is 0 Å². The van der Waals surface area contributed by atoms with Gasteiger partial charge < -0.3 is 4.74 Å². The van der Waals surface area contributed by atoms with E-state index < -0.39 is 0 Å². The van der Waals surface area contributed by atoms with Crippen LogP contribution in [0.4, 0.5) is 0 Å². The number of benzene rings is 2. The van der Waals surface area contributed by atoms with Crippen LogP contribution in [0.3, 0.4) is 0 Å². The molecule has 2 aromatic rings. The summed E-state index contributed by atoms with van der Waals surface area (Å²) in [4.78, 5) is 0. The van der Waals surface area contributed by atoms with E-state index in [9.17, 15) is 0 Å². The second-order valence-electron chi connectivity index (χ2n) is 8.97. The highest BCUT2D eigenvalue weighted by atomic mass is 35.5. The quantitative estimate of drug-likeness (QED) is 0.434. The monoisotopic (exact) mass is 442 g/mol. The molecule has 3 heteroatoms. The molecule has 2 aliphatic rings. The van der Waals surface area contributed by atoms with E-state index in [2.05, 4.69) is 36.4 Å². The van der Waals surface area contributed by atoms with Crippen LogP contribution in [0.15, 0.2) is 60.1 Å². The average Bonchev–Trinajstić information content (AvgIpc) is 2.81. The highest BCUT2D eigenvalue weighted by molar-refractivity contribution is 6.30. The van der Waals surface area contributed by atoms with Crippen molar-refractivity contribution in [1.29, 1.82) is 0 Å². The van der Waals surface area contributed by atoms with Gasteiger partial charge in [-0.2, -0.15) is 0 Å². The van der Waals surface area contributed by atoms with E-state index in [1.54, 1.807) is 5.54 Å². The van der Waals surface area contributed by atoms with Crippen LogP contribution in [0.25, 0.3) is 11.1 Å². The largest absolute Gasteiger partial charge is 0.374 e. The Morgan fingerprint density at radius 3 is 1.83 bits per heavy atom. The molecule has 0 amide bonds. The van der Waals surface area contributed by atoms with Gasteiger partial charge in [0.1, 0.15) is 0 Å². The predicted octanol–water partition coefficient (Wildman–Crippen LogP) is 8.61. The van der Waals surface area contributed by atoms with Crippen LogP contribution in [-0.4, -0.2) is 12.7 Å². The Bertz CT molecular complexity index is 796. The second-order valence-corrected chi connectivity index (χ2v) is 9.66. The van der Waals surface area contributed by atoms with E-state index in [1.807, 2.05) is 18.2 Å². The third-order valence-electron chi connectivity index (χ3n) is 7.23. The van der Waals surface area contributed by atoms with Crippen molar-refractivity contribution in [1.82, 2.24) is 0 Å². The van der Waals surface area contributed by atoms with E-state index in [4.69, 9.17) is 27.9 Å². The fraction of sp³-hybridized carbons (Fsp3) is 0.481. The van der Waals surface area contributed by atoms with Crippen molar-refractivity contribution in [2.75, 3.05) is 6.61 Å². The molecule has 2 aliphatic carbocycles. The van der Waals surface area contributed by atoms with Crippen molar-refractivity contribution in [2.24, 2.45) is 11.8 Å². The molecule has 0 heterocycles. The predicted molar refractivity (Wildman–Crippen MR) is 128 cm³/mol. The third-order valence-corrected chi connectivity index (χ3v) is 7.66. The summed E-state index contributed by atoms with van der Waals surface area (Å²) in [5.41, 5.74) is 5.56. The number of rotatable bonds is 6. The zero-order valence-electron chi connectivity index (χ0n) is 17.6. The van der Waals surface area contributed by atoms with Crippen LogP contribution in [0, 0.1) is 11.8 Å². The van der Waals surface area contributed by atoms with Crippen molar-refractivity contribution in [3.8, 4) is 11.1 Å². The van der Waals surface area contributed by atoms with Gasteiger partial charge in [0.25, 0.3) is 0 Å². The molecule has 160 valence electrons. The second kappa shape index (κ2) is 10.8. The van der Waals surface area contributed by atoms with Crippen LogP contribution in [0.1, 0.15) is 62.8 Å². The lowest BCUT2D eigenvalue weighted by Gasteiger charge is -2.38. The summed E-state index contributed by atoms with van der Waals surface area (Å²) in [6.45, 7) is 0.654. The molecule has 30 heavy (non-hydrogen) atoms. The first-order valence-electron chi connectivity index (χ1n) is 11.5. The van der Waals surface area contributed by atoms with Gasteiger partial charge >= 0.3 is 0 Å². The van der Waals surface area contributed by atoms with Gasteiger partial charge in [0.05, 0.1) is 12.7 Å². The lowest BCUT2D eigenvalue weighted by molar-refractivity contribution is 0.0223. The normalized spacial score (nSPS) is 27.4. The maximum absolute atomic E-state index is 6.01. The minimum atomic E-state index is 0.435. The lowest BCUT2D eigenvalue weighted by atomic mass is 9.69. The SMILES string of the molecule is Cl/C=C/COC1CCC(C2CCC(c3ccc(-c4ccc(Cl)cc4)cc3)CC2)CC1. The Morgan fingerprint density at radius 1 is 0.733 bits per heavy atom. The topological polar surface area (TPSA) is 9.23 Å². The smallest absolute Gasteiger partial charge is 0.0662 e. The third kappa shape index (κ3) is 5.69. The Kier molecular flexibility index (Phi) is 7.93. The Balaban J connectivity index is 1.25. The van der Waals surface area contributed by atoms with Crippen molar-refractivity contribution in [2.45, 2.75) is 63.4 Å². The van der Waals surface area contributed by atoms with E-state index in [1.165, 1.54) is 68.1 Å². The average molecular weight is 443 g/mol. The molecule has 0 atom stereocenters. The molecule has 0 bridgehead atoms. The number of halogens is 2. The first kappa shape index (κ1) is 21.9. The lowest BCUT2D eigenvalue weighted by Crippen LogP contribution is -2.28. The van der Waals surface area contributed by atoms with E-state index in [0.29, 0.717) is 12.7 Å². The highest BCUT2D eigenvalue weighted by Gasteiger charge is 2.31. The minimum absolute atomic E-state index is 0.435. The zero-order chi connectivity index (χ0) is 20.8. The summed E-state index contributed by atoms with van der Waals surface area (Å²) in [5.74, 6) is 2.54. The summed E-state index contributed by atoms with van der Waals surface area (Å²) in [5, 5.41) is 0.789. The first-order valence-corrected chi connectivity index (χ1v) is 12.3. The molecule has 0 aliphatic heterocycles. The van der Waals surface area contributed by atoms with E-state index in [-0.39, 0.29) is 0 Å². The van der Waals surface area contributed by atoms with Gasteiger partial charge in [-0.05, 0) is 104 Å². The van der Waals surface area contributed by atoms with Gasteiger partial charge in [0.2, 0.25) is 0 Å². The van der Waals surface area contributed by atoms with Gasteiger partial charge in [-0.3, -0.25) is 0 Å². The summed E-state index contributed by atoms with van der Waals surface area (Å²) < 4.78 is 5.90. The maximum atomic E-state index is 6.01. The Morgan fingerprint density at radius 2 is 1.27 bits per heavy atom. The van der Waals surface area contributed by atoms with E-state index in [0.717, 1.165) is 22.8 Å². The van der Waals surface area contributed by atoms with Crippen molar-refractivity contribution < 1.29 is 4.74 Å². The van der Waals surface area contributed by atoms with Crippen molar-refractivity contribution >= 4 is 23.2 Å². The van der Waals surface area contributed by atoms with E-state index >= 15 is 0 Å². The fourth-order valence-corrected chi connectivity index (χ4v) is 5.67. The molecular formula is C27H32Cl2O. The molecule has 0 aromatic heterocycles. The fourth-order valence-electron chi connectivity index (χ4n) is 5.47. The molecular weight excluding hydrogens is 411 g/mol. The van der Waals surface area contributed by atoms with Crippen molar-refractivity contribution in [3.63, 3.8) is 0 Å². The number of hydrogen-bond acceptors (Lipinski definition) is 1. The Labute approximate surface area is 191 Å². The summed E-state index contributed by atoms with van der Waals surface area (Å²) >= 11 is 11.6. The molecule has 0 N–H and O–H groups in total. The maximum Gasteiger partial charge on any atom is 0.0662 e. The van der Waals surface area contributed by atoms with Gasteiger partial charge in [-0.15, -0.1) is 0 Å². The van der Waals surface area contributed by atoms with Gasteiger partial charge in [0.15, 0.2) is 0 Å². The Hall–Kier alpha value is -1.28. The molecule has 0 spiro atoms.